The van der Waals surface area contributed by atoms with E-state index in [9.17, 15) is 10.1 Å². The molecule has 0 atom stereocenters. The normalized spacial score (nSPS) is 9.55. The highest BCUT2D eigenvalue weighted by Crippen LogP contribution is 2.08. The molecule has 0 unspecified atom stereocenters. The fourth-order valence-corrected chi connectivity index (χ4v) is 0.657. The monoisotopic (exact) mass is 168 g/mol. The van der Waals surface area contributed by atoms with Gasteiger partial charge in [-0.2, -0.15) is 0 Å². The van der Waals surface area contributed by atoms with E-state index in [4.69, 9.17) is 19.4 Å². The van der Waals surface area contributed by atoms with Gasteiger partial charge in [-0.15, -0.1) is 0 Å². The number of nitro groups is 1. The number of rotatable bonds is 1. The minimum atomic E-state index is -0.584. The van der Waals surface area contributed by atoms with Gasteiger partial charge in [-0.05, 0) is 0 Å². The molecule has 54 valence electrons. The lowest BCUT2D eigenvalue weighted by Gasteiger charge is -1.94. The topological polar surface area (TPSA) is 56.0 Å². The summed E-state index contributed by atoms with van der Waals surface area (Å²) in [4.78, 5) is 13.0. The van der Waals surface area contributed by atoms with E-state index in [2.05, 4.69) is 4.98 Å². The first-order chi connectivity index (χ1) is 5.11. The molecule has 6 heteroatoms. The maximum absolute atomic E-state index is 10.1. The summed E-state index contributed by atoms with van der Waals surface area (Å²) in [7, 11) is 5.26. The Morgan fingerprint density at radius 2 is 2.36 bits per heavy atom. The lowest BCUT2D eigenvalue weighted by atomic mass is 9.98. The van der Waals surface area contributed by atoms with E-state index in [0.29, 0.717) is 0 Å². The third kappa shape index (κ3) is 1.68. The molecule has 11 heavy (non-hydrogen) atoms. The first-order valence-electron chi connectivity index (χ1n) is 2.66. The predicted molar refractivity (Wildman–Crippen MR) is 41.3 cm³/mol. The average molecular weight is 168 g/mol. The summed E-state index contributed by atoms with van der Waals surface area (Å²) in [5.41, 5.74) is -0.0484. The second-order valence-electron chi connectivity index (χ2n) is 1.83. The van der Waals surface area contributed by atoms with E-state index in [1.54, 1.807) is 0 Å². The van der Waals surface area contributed by atoms with E-state index in [-0.39, 0.29) is 16.3 Å². The van der Waals surface area contributed by atoms with Crippen molar-refractivity contribution in [3.05, 3.63) is 27.5 Å². The molecule has 0 amide bonds. The third-order valence-electron chi connectivity index (χ3n) is 1.06. The number of hydrogen-bond donors (Lipinski definition) is 0. The maximum Gasteiger partial charge on any atom is 0.287 e. The third-order valence-corrected chi connectivity index (χ3v) is 1.38. The summed E-state index contributed by atoms with van der Waals surface area (Å²) in [5.74, 6) is 0. The Hall–Kier alpha value is -1.10. The first kappa shape index (κ1) is 8.01. The van der Waals surface area contributed by atoms with Gasteiger partial charge >= 0.3 is 0 Å². The lowest BCUT2D eigenvalue weighted by Crippen LogP contribution is -2.06. The van der Waals surface area contributed by atoms with Crippen LogP contribution in [0, 0.1) is 10.1 Å². The Balaban J connectivity index is 3.15. The zero-order chi connectivity index (χ0) is 8.43. The first-order valence-corrected chi connectivity index (χ1v) is 3.04. The van der Waals surface area contributed by atoms with Crippen molar-refractivity contribution < 1.29 is 4.92 Å². The molecular weight excluding hydrogens is 166 g/mol. The highest BCUT2D eigenvalue weighted by atomic mass is 35.5. The van der Waals surface area contributed by atoms with Gasteiger partial charge in [0.15, 0.2) is 0 Å². The van der Waals surface area contributed by atoms with Gasteiger partial charge in [0.2, 0.25) is 0 Å². The van der Waals surface area contributed by atoms with E-state index < -0.39 is 4.92 Å². The number of halogens is 1. The molecule has 0 saturated heterocycles. The lowest BCUT2D eigenvalue weighted by molar-refractivity contribution is -0.385. The number of hydrogen-bond acceptors (Lipinski definition) is 3. The van der Waals surface area contributed by atoms with E-state index in [0.717, 1.165) is 12.3 Å². The molecule has 0 bridgehead atoms. The highest BCUT2D eigenvalue weighted by molar-refractivity contribution is 6.44. The van der Waals surface area contributed by atoms with Crippen molar-refractivity contribution in [2.45, 2.75) is 0 Å². The SMILES string of the molecule is [B]c1cc([N+](=O)[O-])cnc1Cl. The molecule has 0 fully saturated rings. The summed E-state index contributed by atoms with van der Waals surface area (Å²) >= 11 is 5.43. The van der Waals surface area contributed by atoms with Crippen molar-refractivity contribution in [1.29, 1.82) is 0 Å². The van der Waals surface area contributed by atoms with Crippen LogP contribution in [0.25, 0.3) is 0 Å². The average Bonchev–Trinajstić information content (AvgIpc) is 1.94. The minimum absolute atomic E-state index is 0.0793. The van der Waals surface area contributed by atoms with E-state index >= 15 is 0 Å². The molecule has 0 aliphatic rings. The summed E-state index contributed by atoms with van der Waals surface area (Å²) in [5, 5.41) is 10.2. The van der Waals surface area contributed by atoms with Crippen LogP contribution in [0.4, 0.5) is 5.69 Å². The Morgan fingerprint density at radius 3 is 2.82 bits per heavy atom. The van der Waals surface area contributed by atoms with Crippen LogP contribution in [0.15, 0.2) is 12.3 Å². The molecule has 0 aliphatic carbocycles. The van der Waals surface area contributed by atoms with Crippen molar-refractivity contribution in [1.82, 2.24) is 4.98 Å². The van der Waals surface area contributed by atoms with Gasteiger partial charge in [0.25, 0.3) is 5.69 Å². The zero-order valence-electron chi connectivity index (χ0n) is 5.32. The second-order valence-corrected chi connectivity index (χ2v) is 2.19. The smallest absolute Gasteiger partial charge is 0.258 e. The molecule has 0 spiro atoms. The van der Waals surface area contributed by atoms with Gasteiger partial charge in [-0.1, -0.05) is 17.1 Å². The van der Waals surface area contributed by atoms with Crippen LogP contribution < -0.4 is 5.46 Å². The van der Waals surface area contributed by atoms with E-state index in [1.807, 2.05) is 0 Å². The Labute approximate surface area is 68.8 Å². The van der Waals surface area contributed by atoms with Gasteiger partial charge < -0.3 is 0 Å². The zero-order valence-corrected chi connectivity index (χ0v) is 6.08. The van der Waals surface area contributed by atoms with Crippen LogP contribution in [0.3, 0.4) is 0 Å². The Bertz CT molecular complexity index is 305. The standard InChI is InChI=1S/C5H2BClN2O2/c6-4-1-3(9(10)11)2-8-5(4)7/h1-2H. The molecule has 1 heterocycles. The van der Waals surface area contributed by atoms with Crippen LogP contribution in [-0.2, 0) is 0 Å². The highest BCUT2D eigenvalue weighted by Gasteiger charge is 2.06. The maximum atomic E-state index is 10.1. The van der Waals surface area contributed by atoms with Crippen molar-refractivity contribution in [2.24, 2.45) is 0 Å². The number of aromatic nitrogens is 1. The summed E-state index contributed by atoms with van der Waals surface area (Å²) < 4.78 is 0. The van der Waals surface area contributed by atoms with Gasteiger partial charge in [0.05, 0.1) is 4.92 Å². The van der Waals surface area contributed by atoms with Crippen molar-refractivity contribution in [3.8, 4) is 0 Å². The second kappa shape index (κ2) is 2.88. The molecule has 1 aromatic heterocycles. The van der Waals surface area contributed by atoms with Crippen LogP contribution in [0.2, 0.25) is 5.15 Å². The largest absolute Gasteiger partial charge is 0.287 e. The summed E-state index contributed by atoms with van der Waals surface area (Å²) in [6.45, 7) is 0. The Morgan fingerprint density at radius 1 is 1.73 bits per heavy atom. The van der Waals surface area contributed by atoms with Gasteiger partial charge in [0.1, 0.15) is 19.2 Å². The summed E-state index contributed by atoms with van der Waals surface area (Å²) in [6.07, 6.45) is 1.05. The minimum Gasteiger partial charge on any atom is -0.258 e. The van der Waals surface area contributed by atoms with Crippen molar-refractivity contribution in [3.63, 3.8) is 0 Å². The number of pyridine rings is 1. The summed E-state index contributed by atoms with van der Waals surface area (Å²) in [6, 6.07) is 1.16. The van der Waals surface area contributed by atoms with Gasteiger partial charge in [0, 0.05) is 6.07 Å². The van der Waals surface area contributed by atoms with Crippen LogP contribution in [-0.4, -0.2) is 17.8 Å². The molecular formula is C5H2BClN2O2. The fraction of sp³-hybridized carbons (Fsp3) is 0. The van der Waals surface area contributed by atoms with Gasteiger partial charge in [-0.3, -0.25) is 10.1 Å². The number of nitrogens with zero attached hydrogens (tertiary/aromatic N) is 2. The van der Waals surface area contributed by atoms with Gasteiger partial charge in [-0.25, -0.2) is 4.98 Å². The van der Waals surface area contributed by atoms with Crippen LogP contribution in [0.1, 0.15) is 0 Å². The molecule has 0 N–H and O–H groups in total. The molecule has 4 nitrogen and oxygen atoms in total. The fourth-order valence-electron chi connectivity index (χ4n) is 0.553. The quantitative estimate of drug-likeness (QED) is 0.264. The van der Waals surface area contributed by atoms with Crippen molar-refractivity contribution in [2.75, 3.05) is 0 Å². The van der Waals surface area contributed by atoms with Crippen molar-refractivity contribution >= 4 is 30.6 Å². The molecule has 0 saturated carbocycles. The molecule has 2 radical (unpaired) electrons. The molecule has 1 aromatic rings. The molecule has 0 aromatic carbocycles. The Kier molecular flexibility index (Phi) is 2.09. The van der Waals surface area contributed by atoms with E-state index in [1.165, 1.54) is 0 Å². The molecule has 1 rings (SSSR count). The van der Waals surface area contributed by atoms with Crippen LogP contribution in [0.5, 0.6) is 0 Å². The molecule has 0 aliphatic heterocycles. The predicted octanol–water partition coefficient (Wildman–Crippen LogP) is 0.437. The van der Waals surface area contributed by atoms with Crippen LogP contribution >= 0.6 is 11.6 Å².